The molecule has 2 aromatic heterocycles. The van der Waals surface area contributed by atoms with E-state index in [4.69, 9.17) is 46.4 Å². The van der Waals surface area contributed by atoms with Gasteiger partial charge in [-0.3, -0.25) is 0 Å². The second-order valence-electron chi connectivity index (χ2n) is 4.82. The number of anilines is 2. The maximum atomic E-state index is 5.94. The van der Waals surface area contributed by atoms with E-state index in [9.17, 15) is 0 Å². The summed E-state index contributed by atoms with van der Waals surface area (Å²) in [6, 6.07) is 1.69. The molecule has 0 aliphatic carbocycles. The van der Waals surface area contributed by atoms with Crippen LogP contribution in [0.5, 0.6) is 0 Å². The molecule has 0 saturated carbocycles. The van der Waals surface area contributed by atoms with Crippen molar-refractivity contribution in [1.82, 2.24) is 24.9 Å². The van der Waals surface area contributed by atoms with Gasteiger partial charge in [0.2, 0.25) is 21.8 Å². The molecular formula is C12H11Cl4N7. The molecule has 0 bridgehead atoms. The summed E-state index contributed by atoms with van der Waals surface area (Å²) in [4.78, 5) is 24.2. The smallest absolute Gasteiger partial charge is 0.231 e. The number of hydrogen-bond donors (Lipinski definition) is 0. The highest BCUT2D eigenvalue weighted by molar-refractivity contribution is 6.32. The van der Waals surface area contributed by atoms with Crippen LogP contribution in [0.4, 0.5) is 11.8 Å². The van der Waals surface area contributed by atoms with Crippen molar-refractivity contribution in [2.24, 2.45) is 0 Å². The average molecular weight is 395 g/mol. The molecule has 11 heteroatoms. The molecule has 23 heavy (non-hydrogen) atoms. The summed E-state index contributed by atoms with van der Waals surface area (Å²) in [5, 5.41) is 0.604. The molecule has 1 fully saturated rings. The van der Waals surface area contributed by atoms with E-state index < -0.39 is 0 Å². The van der Waals surface area contributed by atoms with Crippen molar-refractivity contribution in [2.45, 2.75) is 6.42 Å². The second kappa shape index (κ2) is 7.17. The van der Waals surface area contributed by atoms with Gasteiger partial charge in [0.1, 0.15) is 11.0 Å². The van der Waals surface area contributed by atoms with Crippen LogP contribution in [-0.4, -0.2) is 51.1 Å². The maximum Gasteiger partial charge on any atom is 0.231 e. The Morgan fingerprint density at radius 1 is 0.696 bits per heavy atom. The van der Waals surface area contributed by atoms with Gasteiger partial charge in [-0.1, -0.05) is 11.6 Å². The van der Waals surface area contributed by atoms with Gasteiger partial charge in [0.05, 0.1) is 0 Å². The number of nitrogens with zero attached hydrogens (tertiary/aromatic N) is 7. The van der Waals surface area contributed by atoms with E-state index in [0.29, 0.717) is 30.0 Å². The standard InChI is InChI=1S/C12H11Cl4N7/c13-7-6-8(18-9(14)17-7)22-2-1-3-23(5-4-22)12-20-10(15)19-11(16)21-12/h6H,1-5H2. The van der Waals surface area contributed by atoms with Gasteiger partial charge in [0.15, 0.2) is 0 Å². The van der Waals surface area contributed by atoms with Gasteiger partial charge in [0.25, 0.3) is 0 Å². The van der Waals surface area contributed by atoms with Gasteiger partial charge in [-0.25, -0.2) is 9.97 Å². The summed E-state index contributed by atoms with van der Waals surface area (Å²) < 4.78 is 0. The predicted molar refractivity (Wildman–Crippen MR) is 90.9 cm³/mol. The lowest BCUT2D eigenvalue weighted by atomic mass is 10.4. The summed E-state index contributed by atoms with van der Waals surface area (Å²) in [6.45, 7) is 2.94. The Hall–Kier alpha value is -1.15. The van der Waals surface area contributed by atoms with Crippen molar-refractivity contribution in [1.29, 1.82) is 0 Å². The summed E-state index contributed by atoms with van der Waals surface area (Å²) in [7, 11) is 0. The molecule has 3 heterocycles. The number of rotatable bonds is 2. The third kappa shape index (κ3) is 4.23. The van der Waals surface area contributed by atoms with Crippen LogP contribution in [0.15, 0.2) is 6.07 Å². The minimum absolute atomic E-state index is 0.0791. The lowest BCUT2D eigenvalue weighted by Crippen LogP contribution is -2.32. The fraction of sp³-hybridized carbons (Fsp3) is 0.417. The SMILES string of the molecule is Clc1cc(N2CCCN(c3nc(Cl)nc(Cl)n3)CC2)nc(Cl)n1. The van der Waals surface area contributed by atoms with Crippen LogP contribution in [0, 0.1) is 0 Å². The highest BCUT2D eigenvalue weighted by atomic mass is 35.5. The molecule has 0 aromatic carbocycles. The van der Waals surface area contributed by atoms with E-state index >= 15 is 0 Å². The zero-order chi connectivity index (χ0) is 16.4. The van der Waals surface area contributed by atoms with Crippen molar-refractivity contribution in [2.75, 3.05) is 36.0 Å². The van der Waals surface area contributed by atoms with Crippen LogP contribution in [0.25, 0.3) is 0 Å². The minimum Gasteiger partial charge on any atom is -0.355 e. The first kappa shape index (κ1) is 16.7. The number of aromatic nitrogens is 5. The zero-order valence-electron chi connectivity index (χ0n) is 11.8. The Kier molecular flexibility index (Phi) is 5.21. The predicted octanol–water partition coefficient (Wildman–Crippen LogP) is 2.99. The third-order valence-electron chi connectivity index (χ3n) is 3.33. The normalized spacial score (nSPS) is 15.7. The first-order valence-corrected chi connectivity index (χ1v) is 8.29. The second-order valence-corrected chi connectivity index (χ2v) is 6.22. The summed E-state index contributed by atoms with van der Waals surface area (Å²) >= 11 is 23.5. The van der Waals surface area contributed by atoms with E-state index in [1.807, 2.05) is 4.90 Å². The van der Waals surface area contributed by atoms with Gasteiger partial charge >= 0.3 is 0 Å². The van der Waals surface area contributed by atoms with Gasteiger partial charge < -0.3 is 9.80 Å². The molecule has 3 rings (SSSR count). The van der Waals surface area contributed by atoms with Crippen molar-refractivity contribution < 1.29 is 0 Å². The topological polar surface area (TPSA) is 70.9 Å². The van der Waals surface area contributed by atoms with E-state index in [2.05, 4.69) is 29.8 Å². The average Bonchev–Trinajstić information content (AvgIpc) is 2.71. The minimum atomic E-state index is 0.0791. The van der Waals surface area contributed by atoms with E-state index in [-0.39, 0.29) is 15.9 Å². The van der Waals surface area contributed by atoms with Crippen LogP contribution < -0.4 is 9.80 Å². The van der Waals surface area contributed by atoms with Gasteiger partial charge in [0, 0.05) is 32.2 Å². The largest absolute Gasteiger partial charge is 0.355 e. The van der Waals surface area contributed by atoms with Crippen LogP contribution in [0.3, 0.4) is 0 Å². The quantitative estimate of drug-likeness (QED) is 0.572. The highest BCUT2D eigenvalue weighted by Crippen LogP contribution is 2.21. The Morgan fingerprint density at radius 2 is 1.30 bits per heavy atom. The van der Waals surface area contributed by atoms with Crippen molar-refractivity contribution in [3.8, 4) is 0 Å². The maximum absolute atomic E-state index is 5.94. The molecule has 0 unspecified atom stereocenters. The van der Waals surface area contributed by atoms with Gasteiger partial charge in [-0.2, -0.15) is 15.0 Å². The van der Waals surface area contributed by atoms with Crippen molar-refractivity contribution in [3.05, 3.63) is 27.1 Å². The summed E-state index contributed by atoms with van der Waals surface area (Å²) in [6.07, 6.45) is 0.875. The van der Waals surface area contributed by atoms with Crippen LogP contribution in [0.2, 0.25) is 21.0 Å². The van der Waals surface area contributed by atoms with Crippen LogP contribution in [-0.2, 0) is 0 Å². The third-order valence-corrected chi connectivity index (χ3v) is 4.03. The van der Waals surface area contributed by atoms with E-state index in [0.717, 1.165) is 19.5 Å². The van der Waals surface area contributed by atoms with Gasteiger partial charge in [-0.15, -0.1) is 0 Å². The van der Waals surface area contributed by atoms with Crippen LogP contribution in [0.1, 0.15) is 6.42 Å². The number of halogens is 4. The number of hydrogen-bond acceptors (Lipinski definition) is 7. The molecule has 1 aliphatic heterocycles. The van der Waals surface area contributed by atoms with Crippen molar-refractivity contribution in [3.63, 3.8) is 0 Å². The Balaban J connectivity index is 1.76. The molecule has 7 nitrogen and oxygen atoms in total. The van der Waals surface area contributed by atoms with E-state index in [1.54, 1.807) is 6.07 Å². The van der Waals surface area contributed by atoms with Crippen molar-refractivity contribution >= 4 is 58.2 Å². The Morgan fingerprint density at radius 3 is 2.00 bits per heavy atom. The van der Waals surface area contributed by atoms with Gasteiger partial charge in [-0.05, 0) is 41.2 Å². The highest BCUT2D eigenvalue weighted by Gasteiger charge is 2.20. The zero-order valence-corrected chi connectivity index (χ0v) is 14.8. The molecular weight excluding hydrogens is 384 g/mol. The molecule has 122 valence electrons. The Bertz CT molecular complexity index is 614. The molecule has 1 saturated heterocycles. The fourth-order valence-electron chi connectivity index (χ4n) is 2.34. The molecule has 0 amide bonds. The summed E-state index contributed by atoms with van der Waals surface area (Å²) in [5.41, 5.74) is 0. The summed E-state index contributed by atoms with van der Waals surface area (Å²) in [5.74, 6) is 1.17. The first-order valence-electron chi connectivity index (χ1n) is 6.78. The molecule has 1 aliphatic rings. The molecule has 0 atom stereocenters. The molecule has 0 N–H and O–H groups in total. The first-order chi connectivity index (χ1) is 11.0. The molecule has 0 radical (unpaired) electrons. The fourth-order valence-corrected chi connectivity index (χ4v) is 3.10. The lowest BCUT2D eigenvalue weighted by Gasteiger charge is -2.22. The Labute approximate surface area is 152 Å². The van der Waals surface area contributed by atoms with Crippen LogP contribution >= 0.6 is 46.4 Å². The van der Waals surface area contributed by atoms with E-state index in [1.165, 1.54) is 0 Å². The molecule has 2 aromatic rings. The monoisotopic (exact) mass is 393 g/mol. The molecule has 0 spiro atoms. The lowest BCUT2D eigenvalue weighted by molar-refractivity contribution is 0.776.